The number of hydrogen-bond acceptors (Lipinski definition) is 3. The van der Waals surface area contributed by atoms with E-state index in [2.05, 4.69) is 33.5 Å². The lowest BCUT2D eigenvalue weighted by Gasteiger charge is -2.34. The molecule has 1 amide bonds. The molecule has 0 unspecified atom stereocenters. The largest absolute Gasteiger partial charge is 0.342 e. The molecule has 0 spiro atoms. The first-order chi connectivity index (χ1) is 12.8. The number of rotatable bonds is 4. The van der Waals surface area contributed by atoms with E-state index >= 15 is 0 Å². The number of pyridine rings is 1. The summed E-state index contributed by atoms with van der Waals surface area (Å²) in [5, 5.41) is 0. The van der Waals surface area contributed by atoms with Crippen LogP contribution in [0, 0.1) is 5.92 Å². The quantitative estimate of drug-likeness (QED) is 0.842. The van der Waals surface area contributed by atoms with Crippen molar-refractivity contribution >= 4 is 5.91 Å². The van der Waals surface area contributed by atoms with E-state index in [0.717, 1.165) is 62.5 Å². The zero-order chi connectivity index (χ0) is 17.9. The van der Waals surface area contributed by atoms with Crippen molar-refractivity contribution in [3.63, 3.8) is 0 Å². The molecule has 2 aliphatic rings. The van der Waals surface area contributed by atoms with Crippen molar-refractivity contribution in [2.24, 2.45) is 5.92 Å². The highest BCUT2D eigenvalue weighted by Crippen LogP contribution is 2.31. The molecule has 138 valence electrons. The number of aromatic nitrogens is 3. The van der Waals surface area contributed by atoms with Gasteiger partial charge in [-0.3, -0.25) is 9.36 Å². The Labute approximate surface area is 155 Å². The fourth-order valence-corrected chi connectivity index (χ4v) is 4.46. The van der Waals surface area contributed by atoms with Crippen molar-refractivity contribution in [3.8, 4) is 5.82 Å². The molecule has 1 aliphatic carbocycles. The highest BCUT2D eigenvalue weighted by atomic mass is 16.2. The van der Waals surface area contributed by atoms with Crippen LogP contribution >= 0.6 is 0 Å². The summed E-state index contributed by atoms with van der Waals surface area (Å²) in [6.45, 7) is 3.83. The van der Waals surface area contributed by atoms with Gasteiger partial charge in [-0.2, -0.15) is 0 Å². The molecule has 0 N–H and O–H groups in total. The molecule has 1 saturated carbocycles. The minimum Gasteiger partial charge on any atom is -0.342 e. The fraction of sp³-hybridized carbons (Fsp3) is 0.571. The van der Waals surface area contributed by atoms with Gasteiger partial charge in [-0.05, 0) is 37.8 Å². The van der Waals surface area contributed by atoms with Gasteiger partial charge in [0.1, 0.15) is 11.6 Å². The zero-order valence-electron chi connectivity index (χ0n) is 15.6. The molecule has 4 rings (SSSR count). The van der Waals surface area contributed by atoms with Crippen LogP contribution in [0.15, 0.2) is 30.6 Å². The minimum atomic E-state index is 0.270. The first-order valence-electron chi connectivity index (χ1n) is 10.0. The van der Waals surface area contributed by atoms with Crippen LogP contribution in [-0.2, 0) is 11.2 Å². The second kappa shape index (κ2) is 7.60. The van der Waals surface area contributed by atoms with E-state index in [1.807, 2.05) is 18.5 Å². The molecule has 2 aromatic heterocycles. The van der Waals surface area contributed by atoms with Crippen molar-refractivity contribution in [1.82, 2.24) is 19.4 Å². The Morgan fingerprint density at radius 1 is 1.19 bits per heavy atom. The number of hydrogen-bond donors (Lipinski definition) is 0. The van der Waals surface area contributed by atoms with Gasteiger partial charge in [-0.1, -0.05) is 25.8 Å². The lowest BCUT2D eigenvalue weighted by molar-refractivity contribution is -0.136. The molecular weight excluding hydrogens is 324 g/mol. The van der Waals surface area contributed by atoms with Crippen molar-refractivity contribution in [2.75, 3.05) is 13.1 Å². The maximum Gasteiger partial charge on any atom is 0.225 e. The molecule has 0 radical (unpaired) electrons. The third kappa shape index (κ3) is 3.39. The van der Waals surface area contributed by atoms with Crippen molar-refractivity contribution in [3.05, 3.63) is 42.1 Å². The molecule has 1 saturated heterocycles. The van der Waals surface area contributed by atoms with Gasteiger partial charge in [0.05, 0.1) is 0 Å². The maximum absolute atomic E-state index is 12.8. The number of nitrogens with zero attached hydrogens (tertiary/aromatic N) is 4. The first-order valence-corrected chi connectivity index (χ1v) is 10.0. The molecule has 3 heterocycles. The van der Waals surface area contributed by atoms with Crippen LogP contribution < -0.4 is 0 Å². The van der Waals surface area contributed by atoms with Gasteiger partial charge in [0, 0.05) is 49.4 Å². The summed E-state index contributed by atoms with van der Waals surface area (Å²) in [4.78, 5) is 24.2. The summed E-state index contributed by atoms with van der Waals surface area (Å²) in [5.41, 5.74) is 1.10. The number of imidazole rings is 1. The molecule has 5 heteroatoms. The second-order valence-electron chi connectivity index (χ2n) is 7.59. The predicted molar refractivity (Wildman–Crippen MR) is 101 cm³/mol. The van der Waals surface area contributed by atoms with E-state index in [-0.39, 0.29) is 5.92 Å². The highest BCUT2D eigenvalue weighted by molar-refractivity contribution is 5.79. The highest BCUT2D eigenvalue weighted by Gasteiger charge is 2.31. The maximum atomic E-state index is 12.8. The molecule has 1 aliphatic heterocycles. The molecule has 0 aromatic carbocycles. The van der Waals surface area contributed by atoms with E-state index in [9.17, 15) is 4.79 Å². The molecule has 0 bridgehead atoms. The van der Waals surface area contributed by atoms with Crippen LogP contribution in [-0.4, -0.2) is 38.4 Å². The number of carbonyl (C=O) groups is 1. The Morgan fingerprint density at radius 2 is 2.04 bits per heavy atom. The lowest BCUT2D eigenvalue weighted by Crippen LogP contribution is -2.42. The molecular formula is C21H28N4O. The summed E-state index contributed by atoms with van der Waals surface area (Å²) < 4.78 is 2.06. The van der Waals surface area contributed by atoms with E-state index < -0.39 is 0 Å². The van der Waals surface area contributed by atoms with Crippen LogP contribution in [0.3, 0.4) is 0 Å². The van der Waals surface area contributed by atoms with Gasteiger partial charge in [-0.15, -0.1) is 0 Å². The smallest absolute Gasteiger partial charge is 0.225 e. The average molecular weight is 352 g/mol. The molecule has 2 fully saturated rings. The van der Waals surface area contributed by atoms with Crippen molar-refractivity contribution < 1.29 is 4.79 Å². The van der Waals surface area contributed by atoms with E-state index in [1.165, 1.54) is 12.8 Å². The SMILES string of the molecule is CCc1nccn1-c1cccc([C@H]2CCCN(C(=O)C3CCCC3)C2)n1. The third-order valence-corrected chi connectivity index (χ3v) is 5.89. The summed E-state index contributed by atoms with van der Waals surface area (Å²) in [5.74, 6) is 2.94. The average Bonchev–Trinajstić information content (AvgIpc) is 3.39. The van der Waals surface area contributed by atoms with Gasteiger partial charge >= 0.3 is 0 Å². The summed E-state index contributed by atoms with van der Waals surface area (Å²) in [7, 11) is 0. The second-order valence-corrected chi connectivity index (χ2v) is 7.59. The predicted octanol–water partition coefficient (Wildman–Crippen LogP) is 3.73. The monoisotopic (exact) mass is 352 g/mol. The van der Waals surface area contributed by atoms with Crippen LogP contribution in [0.4, 0.5) is 0 Å². The Hall–Kier alpha value is -2.17. The van der Waals surface area contributed by atoms with Crippen LogP contribution in [0.5, 0.6) is 0 Å². The van der Waals surface area contributed by atoms with E-state index in [4.69, 9.17) is 4.98 Å². The lowest BCUT2D eigenvalue weighted by atomic mass is 9.93. The molecule has 5 nitrogen and oxygen atoms in total. The summed E-state index contributed by atoms with van der Waals surface area (Å²) in [6, 6.07) is 6.23. The Bertz CT molecular complexity index is 763. The third-order valence-electron chi connectivity index (χ3n) is 5.89. The zero-order valence-corrected chi connectivity index (χ0v) is 15.6. The van der Waals surface area contributed by atoms with Crippen molar-refractivity contribution in [1.29, 1.82) is 0 Å². The van der Waals surface area contributed by atoms with Gasteiger partial charge in [0.15, 0.2) is 0 Å². The number of likely N-dealkylation sites (tertiary alicyclic amines) is 1. The van der Waals surface area contributed by atoms with Gasteiger partial charge in [0.2, 0.25) is 5.91 Å². The van der Waals surface area contributed by atoms with Crippen LogP contribution in [0.1, 0.15) is 62.9 Å². The van der Waals surface area contributed by atoms with Crippen LogP contribution in [0.2, 0.25) is 0 Å². The Kier molecular flexibility index (Phi) is 5.05. The van der Waals surface area contributed by atoms with Crippen LogP contribution in [0.25, 0.3) is 5.82 Å². The number of aryl methyl sites for hydroxylation is 1. The fourth-order valence-electron chi connectivity index (χ4n) is 4.46. The molecule has 1 atom stereocenters. The van der Waals surface area contributed by atoms with Crippen molar-refractivity contribution in [2.45, 2.75) is 57.8 Å². The first kappa shape index (κ1) is 17.3. The minimum absolute atomic E-state index is 0.270. The van der Waals surface area contributed by atoms with Gasteiger partial charge in [0.25, 0.3) is 0 Å². The summed E-state index contributed by atoms with van der Waals surface area (Å²) >= 11 is 0. The molecule has 26 heavy (non-hydrogen) atoms. The standard InChI is InChI=1S/C21H28N4O/c1-2-19-22-12-14-25(19)20-11-5-10-18(23-20)17-9-6-13-24(15-17)21(26)16-7-3-4-8-16/h5,10-12,14,16-17H,2-4,6-9,13,15H2,1H3/t17-/m0/s1. The number of carbonyl (C=O) groups excluding carboxylic acids is 1. The number of piperidine rings is 1. The van der Waals surface area contributed by atoms with Gasteiger partial charge < -0.3 is 4.90 Å². The normalized spacial score (nSPS) is 21.3. The topological polar surface area (TPSA) is 51.0 Å². The van der Waals surface area contributed by atoms with E-state index in [1.54, 1.807) is 0 Å². The summed E-state index contributed by atoms with van der Waals surface area (Å²) in [6.07, 6.45) is 11.4. The van der Waals surface area contributed by atoms with Gasteiger partial charge in [-0.25, -0.2) is 9.97 Å². The van der Waals surface area contributed by atoms with E-state index in [0.29, 0.717) is 11.8 Å². The Balaban J connectivity index is 1.52. The molecule has 2 aromatic rings. The Morgan fingerprint density at radius 3 is 2.85 bits per heavy atom. The number of amides is 1.